The zero-order valence-corrected chi connectivity index (χ0v) is 6.88. The molecule has 62 valence electrons. The SMILES string of the molecule is CCO[C@H]1C[C@@H]2CC[C@H]1C2=O. The molecule has 0 amide bonds. The van der Waals surface area contributed by atoms with Crippen molar-refractivity contribution in [2.45, 2.75) is 32.3 Å². The first-order valence-corrected chi connectivity index (χ1v) is 4.48. The molecule has 0 unspecified atom stereocenters. The van der Waals surface area contributed by atoms with Crippen molar-refractivity contribution in [3.63, 3.8) is 0 Å². The van der Waals surface area contributed by atoms with Crippen LogP contribution in [0.2, 0.25) is 0 Å². The molecule has 2 nitrogen and oxygen atoms in total. The fraction of sp³-hybridized carbons (Fsp3) is 0.889. The summed E-state index contributed by atoms with van der Waals surface area (Å²) in [5, 5.41) is 0. The van der Waals surface area contributed by atoms with E-state index in [0.29, 0.717) is 11.7 Å². The summed E-state index contributed by atoms with van der Waals surface area (Å²) in [4.78, 5) is 11.4. The van der Waals surface area contributed by atoms with Crippen LogP contribution in [-0.4, -0.2) is 18.5 Å². The monoisotopic (exact) mass is 154 g/mol. The Hall–Kier alpha value is -0.370. The summed E-state index contributed by atoms with van der Waals surface area (Å²) < 4.78 is 5.49. The summed E-state index contributed by atoms with van der Waals surface area (Å²) in [6.45, 7) is 2.75. The second kappa shape index (κ2) is 2.59. The highest BCUT2D eigenvalue weighted by molar-refractivity contribution is 5.88. The Morgan fingerprint density at radius 2 is 2.36 bits per heavy atom. The van der Waals surface area contributed by atoms with Crippen molar-refractivity contribution in [1.29, 1.82) is 0 Å². The molecule has 2 rings (SSSR count). The van der Waals surface area contributed by atoms with E-state index in [-0.39, 0.29) is 12.0 Å². The van der Waals surface area contributed by atoms with Gasteiger partial charge in [0.05, 0.1) is 6.10 Å². The maximum absolute atomic E-state index is 11.4. The van der Waals surface area contributed by atoms with Crippen LogP contribution >= 0.6 is 0 Å². The van der Waals surface area contributed by atoms with Crippen molar-refractivity contribution < 1.29 is 9.53 Å². The number of hydrogen-bond donors (Lipinski definition) is 0. The van der Waals surface area contributed by atoms with Crippen LogP contribution in [0.1, 0.15) is 26.2 Å². The molecule has 0 radical (unpaired) electrons. The molecule has 11 heavy (non-hydrogen) atoms. The molecule has 2 saturated carbocycles. The Labute approximate surface area is 66.9 Å². The van der Waals surface area contributed by atoms with Gasteiger partial charge in [0.25, 0.3) is 0 Å². The average Bonchev–Trinajstić information content (AvgIpc) is 2.47. The molecule has 0 N–H and O–H groups in total. The van der Waals surface area contributed by atoms with E-state index in [2.05, 4.69) is 0 Å². The topological polar surface area (TPSA) is 26.3 Å². The van der Waals surface area contributed by atoms with E-state index >= 15 is 0 Å². The van der Waals surface area contributed by atoms with Gasteiger partial charge in [-0.05, 0) is 26.2 Å². The number of carbonyl (C=O) groups excluding carboxylic acids is 1. The van der Waals surface area contributed by atoms with Gasteiger partial charge in [0, 0.05) is 18.4 Å². The van der Waals surface area contributed by atoms with Gasteiger partial charge in [-0.2, -0.15) is 0 Å². The lowest BCUT2D eigenvalue weighted by Gasteiger charge is -2.19. The summed E-state index contributed by atoms with van der Waals surface area (Å²) in [5.74, 6) is 1.10. The van der Waals surface area contributed by atoms with Crippen LogP contribution in [0.3, 0.4) is 0 Å². The van der Waals surface area contributed by atoms with Gasteiger partial charge in [-0.15, -0.1) is 0 Å². The van der Waals surface area contributed by atoms with Crippen molar-refractivity contribution >= 4 is 5.78 Å². The second-order valence-corrected chi connectivity index (χ2v) is 3.51. The highest BCUT2D eigenvalue weighted by Crippen LogP contribution is 2.42. The maximum Gasteiger partial charge on any atom is 0.141 e. The first-order valence-electron chi connectivity index (χ1n) is 4.48. The number of ether oxygens (including phenoxy) is 1. The van der Waals surface area contributed by atoms with Crippen LogP contribution in [0.25, 0.3) is 0 Å². The van der Waals surface area contributed by atoms with E-state index in [0.717, 1.165) is 25.9 Å². The number of carbonyl (C=O) groups is 1. The second-order valence-electron chi connectivity index (χ2n) is 3.51. The van der Waals surface area contributed by atoms with Gasteiger partial charge in [0.1, 0.15) is 5.78 Å². The van der Waals surface area contributed by atoms with Crippen LogP contribution < -0.4 is 0 Å². The predicted octanol–water partition coefficient (Wildman–Crippen LogP) is 1.39. The zero-order valence-electron chi connectivity index (χ0n) is 6.88. The molecule has 2 aliphatic carbocycles. The minimum atomic E-state index is 0.264. The van der Waals surface area contributed by atoms with Crippen LogP contribution in [0, 0.1) is 11.8 Å². The maximum atomic E-state index is 11.4. The first-order chi connectivity index (χ1) is 5.33. The number of hydrogen-bond acceptors (Lipinski definition) is 2. The third kappa shape index (κ3) is 1.00. The van der Waals surface area contributed by atoms with E-state index in [1.54, 1.807) is 0 Å². The Balaban J connectivity index is 2.03. The van der Waals surface area contributed by atoms with Crippen LogP contribution in [-0.2, 0) is 9.53 Å². The normalized spacial score (nSPS) is 41.9. The molecule has 0 saturated heterocycles. The van der Waals surface area contributed by atoms with Crippen molar-refractivity contribution in [1.82, 2.24) is 0 Å². The Bertz CT molecular complexity index is 176. The Kier molecular flexibility index (Phi) is 1.72. The molecular formula is C9H14O2. The molecule has 2 aliphatic rings. The summed E-state index contributed by atoms with van der Waals surface area (Å²) in [7, 11) is 0. The Morgan fingerprint density at radius 3 is 2.82 bits per heavy atom. The van der Waals surface area contributed by atoms with Crippen LogP contribution in [0.5, 0.6) is 0 Å². The van der Waals surface area contributed by atoms with E-state index in [1.165, 1.54) is 0 Å². The standard InChI is InChI=1S/C9H14O2/c1-2-11-8-5-6-3-4-7(8)9(6)10/h6-8H,2-5H2,1H3/t6-,7+,8-/m0/s1. The summed E-state index contributed by atoms with van der Waals surface area (Å²) in [6.07, 6.45) is 3.46. The van der Waals surface area contributed by atoms with Crippen molar-refractivity contribution in [3.8, 4) is 0 Å². The van der Waals surface area contributed by atoms with Gasteiger partial charge in [-0.25, -0.2) is 0 Å². The van der Waals surface area contributed by atoms with Gasteiger partial charge < -0.3 is 4.74 Å². The molecule has 2 fully saturated rings. The third-order valence-corrected chi connectivity index (χ3v) is 2.94. The molecule has 3 atom stereocenters. The van der Waals surface area contributed by atoms with Crippen LogP contribution in [0.4, 0.5) is 0 Å². The minimum absolute atomic E-state index is 0.264. The van der Waals surface area contributed by atoms with E-state index in [9.17, 15) is 4.79 Å². The van der Waals surface area contributed by atoms with Crippen LogP contribution in [0.15, 0.2) is 0 Å². The largest absolute Gasteiger partial charge is 0.378 e. The number of ketones is 1. The molecular weight excluding hydrogens is 140 g/mol. The first kappa shape index (κ1) is 7.29. The number of Topliss-reactive ketones (excluding diaryl/α,β-unsaturated/α-hetero) is 1. The van der Waals surface area contributed by atoms with Gasteiger partial charge >= 0.3 is 0 Å². The fourth-order valence-corrected chi connectivity index (χ4v) is 2.41. The molecule has 0 aliphatic heterocycles. The Morgan fingerprint density at radius 1 is 1.55 bits per heavy atom. The quantitative estimate of drug-likeness (QED) is 0.600. The van der Waals surface area contributed by atoms with Gasteiger partial charge in [0.2, 0.25) is 0 Å². The molecule has 2 bridgehead atoms. The third-order valence-electron chi connectivity index (χ3n) is 2.94. The molecule has 0 aromatic carbocycles. The summed E-state index contributed by atoms with van der Waals surface area (Å²) in [5.41, 5.74) is 0. The lowest BCUT2D eigenvalue weighted by atomic mass is 9.98. The molecule has 0 aromatic heterocycles. The number of rotatable bonds is 2. The van der Waals surface area contributed by atoms with Crippen molar-refractivity contribution in [2.75, 3.05) is 6.61 Å². The molecule has 0 heterocycles. The number of fused-ring (bicyclic) bond motifs is 2. The zero-order chi connectivity index (χ0) is 7.84. The van der Waals surface area contributed by atoms with E-state index in [4.69, 9.17) is 4.74 Å². The van der Waals surface area contributed by atoms with Crippen molar-refractivity contribution in [3.05, 3.63) is 0 Å². The van der Waals surface area contributed by atoms with Gasteiger partial charge in [0.15, 0.2) is 0 Å². The lowest BCUT2D eigenvalue weighted by Crippen LogP contribution is -2.21. The van der Waals surface area contributed by atoms with Crippen molar-refractivity contribution in [2.24, 2.45) is 11.8 Å². The highest BCUT2D eigenvalue weighted by atomic mass is 16.5. The summed E-state index contributed by atoms with van der Waals surface area (Å²) in [6, 6.07) is 0. The van der Waals surface area contributed by atoms with Gasteiger partial charge in [-0.1, -0.05) is 0 Å². The highest BCUT2D eigenvalue weighted by Gasteiger charge is 2.47. The summed E-state index contributed by atoms with van der Waals surface area (Å²) >= 11 is 0. The lowest BCUT2D eigenvalue weighted by molar-refractivity contribution is -0.122. The van der Waals surface area contributed by atoms with E-state index < -0.39 is 0 Å². The molecule has 0 aromatic rings. The molecule has 0 spiro atoms. The molecule has 2 heteroatoms. The predicted molar refractivity (Wildman–Crippen MR) is 41.3 cm³/mol. The van der Waals surface area contributed by atoms with E-state index in [1.807, 2.05) is 6.92 Å². The average molecular weight is 154 g/mol. The minimum Gasteiger partial charge on any atom is -0.378 e. The fourth-order valence-electron chi connectivity index (χ4n) is 2.41. The smallest absolute Gasteiger partial charge is 0.141 e. The van der Waals surface area contributed by atoms with Gasteiger partial charge in [-0.3, -0.25) is 4.79 Å².